The molecule has 0 radical (unpaired) electrons. The third-order valence-electron chi connectivity index (χ3n) is 2.72. The molecular formula is C12H7BrN4O2. The zero-order valence-corrected chi connectivity index (χ0v) is 11.1. The first-order valence-electron chi connectivity index (χ1n) is 5.39. The van der Waals surface area contributed by atoms with Gasteiger partial charge in [0, 0.05) is 23.8 Å². The summed E-state index contributed by atoms with van der Waals surface area (Å²) in [5, 5.41) is 15.9. The third kappa shape index (κ3) is 1.97. The molecule has 2 aromatic heterocycles. The molecule has 19 heavy (non-hydrogen) atoms. The quantitative estimate of drug-likeness (QED) is 0.537. The molecule has 0 amide bonds. The van der Waals surface area contributed by atoms with E-state index in [4.69, 9.17) is 0 Å². The van der Waals surface area contributed by atoms with Crippen molar-refractivity contribution in [3.8, 4) is 5.69 Å². The van der Waals surface area contributed by atoms with Crippen LogP contribution in [-0.4, -0.2) is 19.7 Å². The van der Waals surface area contributed by atoms with Gasteiger partial charge in [0.2, 0.25) is 0 Å². The summed E-state index contributed by atoms with van der Waals surface area (Å²) in [5.41, 5.74) is 1.10. The highest BCUT2D eigenvalue weighted by molar-refractivity contribution is 9.10. The number of pyridine rings is 1. The maximum atomic E-state index is 11.0. The lowest BCUT2D eigenvalue weighted by molar-refractivity contribution is -0.383. The van der Waals surface area contributed by atoms with E-state index in [-0.39, 0.29) is 5.69 Å². The molecule has 0 fully saturated rings. The Morgan fingerprint density at radius 1 is 1.32 bits per heavy atom. The van der Waals surface area contributed by atoms with Gasteiger partial charge < -0.3 is 0 Å². The molecule has 0 aliphatic heterocycles. The van der Waals surface area contributed by atoms with Gasteiger partial charge in [0.05, 0.1) is 21.3 Å². The first kappa shape index (κ1) is 11.8. The average molecular weight is 319 g/mol. The summed E-state index contributed by atoms with van der Waals surface area (Å²) in [5.74, 6) is 0. The number of hydrogen-bond acceptors (Lipinski definition) is 4. The number of hydrogen-bond donors (Lipinski definition) is 0. The number of fused-ring (bicyclic) bond motifs is 1. The van der Waals surface area contributed by atoms with E-state index in [1.54, 1.807) is 35.3 Å². The van der Waals surface area contributed by atoms with Crippen molar-refractivity contribution >= 4 is 32.5 Å². The number of nitro groups is 1. The van der Waals surface area contributed by atoms with Crippen LogP contribution in [0.1, 0.15) is 0 Å². The lowest BCUT2D eigenvalue weighted by Gasteiger charge is -2.06. The average Bonchev–Trinajstić information content (AvgIpc) is 2.83. The first-order valence-corrected chi connectivity index (χ1v) is 6.19. The second kappa shape index (κ2) is 4.43. The fourth-order valence-corrected chi connectivity index (χ4v) is 2.21. The van der Waals surface area contributed by atoms with Crippen molar-refractivity contribution < 1.29 is 4.92 Å². The summed E-state index contributed by atoms with van der Waals surface area (Å²) in [6.45, 7) is 0. The highest BCUT2D eigenvalue weighted by atomic mass is 79.9. The number of nitro benzene ring substituents is 1. The standard InChI is InChI=1S/C12H7BrN4O2/c13-8-6-15-16(7-8)10-3-4-11(17(18)19)12-9(10)2-1-5-14-12/h1-7H. The Kier molecular flexibility index (Phi) is 2.75. The van der Waals surface area contributed by atoms with Gasteiger partial charge in [-0.25, -0.2) is 9.67 Å². The SMILES string of the molecule is O=[N+]([O-])c1ccc(-n2cc(Br)cn2)c2cccnc12. The van der Waals surface area contributed by atoms with E-state index in [0.717, 1.165) is 10.2 Å². The zero-order chi connectivity index (χ0) is 13.4. The summed E-state index contributed by atoms with van der Waals surface area (Å²) < 4.78 is 2.49. The van der Waals surface area contributed by atoms with Gasteiger partial charge in [0.1, 0.15) is 5.52 Å². The maximum absolute atomic E-state index is 11.0. The smallest absolute Gasteiger partial charge is 0.258 e. The Bertz CT molecular complexity index is 784. The molecule has 3 aromatic rings. The summed E-state index contributed by atoms with van der Waals surface area (Å²) >= 11 is 3.32. The van der Waals surface area contributed by atoms with Crippen LogP contribution in [0.2, 0.25) is 0 Å². The number of benzene rings is 1. The number of halogens is 1. The molecule has 7 heteroatoms. The van der Waals surface area contributed by atoms with Crippen LogP contribution in [0.3, 0.4) is 0 Å². The molecule has 6 nitrogen and oxygen atoms in total. The number of rotatable bonds is 2. The van der Waals surface area contributed by atoms with Gasteiger partial charge in [0.25, 0.3) is 5.69 Å². The number of nitrogens with zero attached hydrogens (tertiary/aromatic N) is 4. The Hall–Kier alpha value is -2.28. The lowest BCUT2D eigenvalue weighted by Crippen LogP contribution is -1.98. The van der Waals surface area contributed by atoms with E-state index in [0.29, 0.717) is 10.9 Å². The van der Waals surface area contributed by atoms with Crippen molar-refractivity contribution in [1.82, 2.24) is 14.8 Å². The van der Waals surface area contributed by atoms with Gasteiger partial charge in [-0.3, -0.25) is 10.1 Å². The van der Waals surface area contributed by atoms with Crippen LogP contribution in [0.5, 0.6) is 0 Å². The van der Waals surface area contributed by atoms with Crippen LogP contribution in [0.15, 0.2) is 47.3 Å². The minimum absolute atomic E-state index is 0.00873. The monoisotopic (exact) mass is 318 g/mol. The third-order valence-corrected chi connectivity index (χ3v) is 3.13. The first-order chi connectivity index (χ1) is 9.16. The number of non-ortho nitro benzene ring substituents is 1. The molecule has 3 rings (SSSR count). The summed E-state index contributed by atoms with van der Waals surface area (Å²) in [4.78, 5) is 14.7. The predicted octanol–water partition coefficient (Wildman–Crippen LogP) is 3.09. The van der Waals surface area contributed by atoms with Crippen molar-refractivity contribution in [2.24, 2.45) is 0 Å². The topological polar surface area (TPSA) is 73.8 Å². The largest absolute Gasteiger partial charge is 0.295 e. The minimum Gasteiger partial charge on any atom is -0.258 e. The molecular weight excluding hydrogens is 312 g/mol. The molecule has 94 valence electrons. The van der Waals surface area contributed by atoms with Gasteiger partial charge in [-0.05, 0) is 34.1 Å². The van der Waals surface area contributed by atoms with Gasteiger partial charge in [-0.2, -0.15) is 5.10 Å². The van der Waals surface area contributed by atoms with Gasteiger partial charge >= 0.3 is 0 Å². The van der Waals surface area contributed by atoms with Crippen LogP contribution >= 0.6 is 15.9 Å². The highest BCUT2D eigenvalue weighted by Gasteiger charge is 2.16. The molecule has 0 aliphatic carbocycles. The molecule has 2 heterocycles. The Labute approximate surface area is 116 Å². The Balaban J connectivity index is 2.34. The van der Waals surface area contributed by atoms with E-state index in [2.05, 4.69) is 26.0 Å². The maximum Gasteiger partial charge on any atom is 0.295 e. The molecule has 0 saturated heterocycles. The van der Waals surface area contributed by atoms with E-state index < -0.39 is 4.92 Å². The van der Waals surface area contributed by atoms with Crippen molar-refractivity contribution in [2.45, 2.75) is 0 Å². The fraction of sp³-hybridized carbons (Fsp3) is 0. The molecule has 0 spiro atoms. The molecule has 0 aliphatic rings. The van der Waals surface area contributed by atoms with Crippen LogP contribution in [0, 0.1) is 10.1 Å². The molecule has 1 aromatic carbocycles. The summed E-state index contributed by atoms with van der Waals surface area (Å²) in [6, 6.07) is 6.65. The van der Waals surface area contributed by atoms with Gasteiger partial charge in [-0.15, -0.1) is 0 Å². The van der Waals surface area contributed by atoms with Crippen LogP contribution in [0.25, 0.3) is 16.6 Å². The molecule has 0 N–H and O–H groups in total. The van der Waals surface area contributed by atoms with Crippen LogP contribution in [-0.2, 0) is 0 Å². The molecule has 0 atom stereocenters. The van der Waals surface area contributed by atoms with E-state index in [1.807, 2.05) is 0 Å². The zero-order valence-electron chi connectivity index (χ0n) is 9.52. The highest BCUT2D eigenvalue weighted by Crippen LogP contribution is 2.28. The minimum atomic E-state index is -0.432. The van der Waals surface area contributed by atoms with Crippen molar-refractivity contribution in [3.63, 3.8) is 0 Å². The van der Waals surface area contributed by atoms with Gasteiger partial charge in [-0.1, -0.05) is 0 Å². The second-order valence-electron chi connectivity index (χ2n) is 3.86. The molecule has 0 unspecified atom stereocenters. The fourth-order valence-electron chi connectivity index (χ4n) is 1.92. The molecule has 0 saturated carbocycles. The van der Waals surface area contributed by atoms with Crippen LogP contribution in [0.4, 0.5) is 5.69 Å². The second-order valence-corrected chi connectivity index (χ2v) is 4.78. The summed E-state index contributed by atoms with van der Waals surface area (Å²) in [6.07, 6.45) is 4.98. The Morgan fingerprint density at radius 3 is 2.84 bits per heavy atom. The van der Waals surface area contributed by atoms with E-state index in [9.17, 15) is 10.1 Å². The van der Waals surface area contributed by atoms with Crippen molar-refractivity contribution in [1.29, 1.82) is 0 Å². The van der Waals surface area contributed by atoms with Crippen molar-refractivity contribution in [2.75, 3.05) is 0 Å². The van der Waals surface area contributed by atoms with Crippen molar-refractivity contribution in [3.05, 3.63) is 57.4 Å². The van der Waals surface area contributed by atoms with Crippen LogP contribution < -0.4 is 0 Å². The molecule has 0 bridgehead atoms. The van der Waals surface area contributed by atoms with E-state index >= 15 is 0 Å². The Morgan fingerprint density at radius 2 is 2.16 bits per heavy atom. The summed E-state index contributed by atoms with van der Waals surface area (Å²) in [7, 11) is 0. The van der Waals surface area contributed by atoms with Gasteiger partial charge in [0.15, 0.2) is 0 Å². The normalized spacial score (nSPS) is 10.8. The lowest BCUT2D eigenvalue weighted by atomic mass is 10.1. The van der Waals surface area contributed by atoms with E-state index in [1.165, 1.54) is 12.3 Å². The predicted molar refractivity (Wildman–Crippen MR) is 73.2 cm³/mol. The number of aromatic nitrogens is 3.